The van der Waals surface area contributed by atoms with Crippen molar-refractivity contribution in [1.29, 1.82) is 0 Å². The first-order valence-electron chi connectivity index (χ1n) is 7.12. The van der Waals surface area contributed by atoms with Crippen LogP contribution in [0.25, 0.3) is 0 Å². The second kappa shape index (κ2) is 5.01. The Kier molecular flexibility index (Phi) is 3.33. The van der Waals surface area contributed by atoms with Crippen LogP contribution in [0, 0.1) is 5.41 Å². The number of nitrogens with one attached hydrogen (secondary N) is 1. The normalized spacial score (nSPS) is 24.6. The molecule has 6 nitrogen and oxygen atoms in total. The minimum atomic E-state index is -1.03. The zero-order chi connectivity index (χ0) is 14.2. The summed E-state index contributed by atoms with van der Waals surface area (Å²) in [7, 11) is 0. The number of aryl methyl sites for hydroxylation is 1. The fraction of sp³-hybridized carbons (Fsp3) is 0.643. The molecule has 0 aliphatic carbocycles. The molecule has 6 heteroatoms. The molecule has 2 aliphatic rings. The number of nitrogens with zero attached hydrogens (tertiary/aromatic N) is 2. The predicted molar refractivity (Wildman–Crippen MR) is 71.1 cm³/mol. The number of carbonyl (C=O) groups excluding carboxylic acids is 2. The van der Waals surface area contributed by atoms with Gasteiger partial charge in [-0.05, 0) is 13.3 Å². The fourth-order valence-corrected chi connectivity index (χ4v) is 3.09. The van der Waals surface area contributed by atoms with Gasteiger partial charge in [0.05, 0.1) is 12.3 Å². The smallest absolute Gasteiger partial charge is 0.319 e. The molecule has 2 aliphatic heterocycles. The van der Waals surface area contributed by atoms with Crippen LogP contribution >= 0.6 is 0 Å². The molecule has 1 aromatic heterocycles. The summed E-state index contributed by atoms with van der Waals surface area (Å²) < 4.78 is 7.05. The average Bonchev–Trinajstić information content (AvgIpc) is 2.84. The number of rotatable bonds is 3. The maximum atomic E-state index is 12.2. The topological polar surface area (TPSA) is 73.2 Å². The highest BCUT2D eigenvalue weighted by Crippen LogP contribution is 2.35. The molecular formula is C14H19N3O3. The van der Waals surface area contributed by atoms with Crippen molar-refractivity contribution < 1.29 is 14.3 Å². The minimum absolute atomic E-state index is 0.299. The number of fused-ring (bicyclic) bond motifs is 3. The molecule has 20 heavy (non-hydrogen) atoms. The fourth-order valence-electron chi connectivity index (χ4n) is 3.09. The van der Waals surface area contributed by atoms with E-state index in [1.807, 2.05) is 4.68 Å². The lowest BCUT2D eigenvalue weighted by Crippen LogP contribution is -2.42. The number of ether oxygens (including phenoxy) is 1. The molecule has 1 aromatic rings. The molecule has 1 atom stereocenters. The van der Waals surface area contributed by atoms with Crippen LogP contribution in [-0.2, 0) is 40.3 Å². The van der Waals surface area contributed by atoms with Crippen LogP contribution < -0.4 is 5.32 Å². The van der Waals surface area contributed by atoms with E-state index < -0.39 is 11.4 Å². The molecule has 3 heterocycles. The first-order chi connectivity index (χ1) is 9.70. The first kappa shape index (κ1) is 13.3. The Morgan fingerprint density at radius 2 is 2.45 bits per heavy atom. The van der Waals surface area contributed by atoms with Crippen LogP contribution in [0.3, 0.4) is 0 Å². The van der Waals surface area contributed by atoms with Crippen molar-refractivity contribution in [2.45, 2.75) is 39.3 Å². The molecule has 0 bridgehead atoms. The Balaban J connectivity index is 1.95. The van der Waals surface area contributed by atoms with Gasteiger partial charge in [0.1, 0.15) is 11.7 Å². The Morgan fingerprint density at radius 1 is 1.60 bits per heavy atom. The van der Waals surface area contributed by atoms with Crippen LogP contribution in [0.5, 0.6) is 0 Å². The highest BCUT2D eigenvalue weighted by atomic mass is 16.5. The summed E-state index contributed by atoms with van der Waals surface area (Å²) in [5.41, 5.74) is 2.24. The third kappa shape index (κ3) is 1.95. The second-order valence-electron chi connectivity index (χ2n) is 5.44. The summed E-state index contributed by atoms with van der Waals surface area (Å²) in [5.74, 6) is -0.403. The molecule has 0 spiro atoms. The number of carbonyl (C=O) groups is 2. The van der Waals surface area contributed by atoms with Crippen molar-refractivity contribution in [1.82, 2.24) is 15.1 Å². The van der Waals surface area contributed by atoms with Gasteiger partial charge in [0.2, 0.25) is 0 Å². The third-order valence-corrected chi connectivity index (χ3v) is 4.25. The van der Waals surface area contributed by atoms with E-state index in [0.717, 1.165) is 42.7 Å². The van der Waals surface area contributed by atoms with E-state index in [9.17, 15) is 9.59 Å². The molecule has 1 N–H and O–H groups in total. The Labute approximate surface area is 117 Å². The van der Waals surface area contributed by atoms with Crippen LogP contribution in [-0.4, -0.2) is 35.2 Å². The molecule has 1 unspecified atom stereocenters. The summed E-state index contributed by atoms with van der Waals surface area (Å²) in [6.45, 7) is 4.35. The van der Waals surface area contributed by atoms with E-state index in [1.54, 1.807) is 6.92 Å². The van der Waals surface area contributed by atoms with Crippen molar-refractivity contribution in [2.24, 2.45) is 5.41 Å². The van der Waals surface area contributed by atoms with Gasteiger partial charge in [0.25, 0.3) is 0 Å². The average molecular weight is 277 g/mol. The van der Waals surface area contributed by atoms with E-state index in [-0.39, 0.29) is 0 Å². The SMILES string of the molecule is CCOC(=O)C1(C=O)CCn2nc3c(c2C1)CNCC3. The van der Waals surface area contributed by atoms with E-state index in [2.05, 4.69) is 10.4 Å². The van der Waals surface area contributed by atoms with Crippen molar-refractivity contribution in [3.8, 4) is 0 Å². The highest BCUT2D eigenvalue weighted by Gasteiger charge is 2.44. The number of hydrogen-bond donors (Lipinski definition) is 1. The Hall–Kier alpha value is -1.69. The van der Waals surface area contributed by atoms with E-state index in [0.29, 0.717) is 26.0 Å². The molecule has 0 aromatic carbocycles. The maximum absolute atomic E-state index is 12.2. The van der Waals surface area contributed by atoms with E-state index in [4.69, 9.17) is 4.74 Å². The predicted octanol–water partition coefficient (Wildman–Crippen LogP) is 0.223. The van der Waals surface area contributed by atoms with Crippen molar-refractivity contribution in [2.75, 3.05) is 13.2 Å². The van der Waals surface area contributed by atoms with Gasteiger partial charge in [0.15, 0.2) is 0 Å². The van der Waals surface area contributed by atoms with Crippen LogP contribution in [0.4, 0.5) is 0 Å². The molecule has 3 rings (SSSR count). The van der Waals surface area contributed by atoms with Gasteiger partial charge in [-0.15, -0.1) is 0 Å². The van der Waals surface area contributed by atoms with Crippen molar-refractivity contribution >= 4 is 12.3 Å². The quantitative estimate of drug-likeness (QED) is 0.486. The number of aromatic nitrogens is 2. The van der Waals surface area contributed by atoms with Crippen molar-refractivity contribution in [3.05, 3.63) is 17.0 Å². The van der Waals surface area contributed by atoms with Gasteiger partial charge >= 0.3 is 5.97 Å². The van der Waals surface area contributed by atoms with Gasteiger partial charge in [-0.25, -0.2) is 0 Å². The standard InChI is InChI=1S/C14H19N3O3/c1-2-20-13(19)14(9-18)4-6-17-12(7-14)10-8-15-5-3-11(10)16-17/h9,15H,2-8H2,1H3. The van der Waals surface area contributed by atoms with Crippen LogP contribution in [0.15, 0.2) is 0 Å². The van der Waals surface area contributed by atoms with Crippen LogP contribution in [0.2, 0.25) is 0 Å². The van der Waals surface area contributed by atoms with Gasteiger partial charge in [-0.2, -0.15) is 5.10 Å². The lowest BCUT2D eigenvalue weighted by Gasteiger charge is -2.30. The number of aldehydes is 1. The third-order valence-electron chi connectivity index (χ3n) is 4.25. The van der Waals surface area contributed by atoms with Crippen molar-refractivity contribution in [3.63, 3.8) is 0 Å². The molecule has 0 fully saturated rings. The van der Waals surface area contributed by atoms with Gasteiger partial charge in [-0.1, -0.05) is 0 Å². The molecule has 0 saturated carbocycles. The summed E-state index contributed by atoms with van der Waals surface area (Å²) >= 11 is 0. The Morgan fingerprint density at radius 3 is 3.20 bits per heavy atom. The van der Waals surface area contributed by atoms with Crippen LogP contribution in [0.1, 0.15) is 30.3 Å². The first-order valence-corrected chi connectivity index (χ1v) is 7.12. The summed E-state index contributed by atoms with van der Waals surface area (Å²) in [6.07, 6.45) is 2.54. The molecule has 108 valence electrons. The molecule has 0 amide bonds. The van der Waals surface area contributed by atoms with Gasteiger partial charge in [0, 0.05) is 43.7 Å². The molecule has 0 radical (unpaired) electrons. The molecule has 0 saturated heterocycles. The highest BCUT2D eigenvalue weighted by molar-refractivity contribution is 5.93. The van der Waals surface area contributed by atoms with E-state index >= 15 is 0 Å². The maximum Gasteiger partial charge on any atom is 0.319 e. The summed E-state index contributed by atoms with van der Waals surface area (Å²) in [5, 5.41) is 7.92. The van der Waals surface area contributed by atoms with E-state index in [1.165, 1.54) is 0 Å². The zero-order valence-corrected chi connectivity index (χ0v) is 11.6. The number of hydrogen-bond acceptors (Lipinski definition) is 5. The van der Waals surface area contributed by atoms with Gasteiger partial charge in [-0.3, -0.25) is 9.48 Å². The van der Waals surface area contributed by atoms with Gasteiger partial charge < -0.3 is 14.8 Å². The summed E-state index contributed by atoms with van der Waals surface area (Å²) in [4.78, 5) is 23.7. The lowest BCUT2D eigenvalue weighted by atomic mass is 9.78. The monoisotopic (exact) mass is 277 g/mol. The largest absolute Gasteiger partial charge is 0.465 e. The second-order valence-corrected chi connectivity index (χ2v) is 5.44. The minimum Gasteiger partial charge on any atom is -0.465 e. The summed E-state index contributed by atoms with van der Waals surface area (Å²) in [6, 6.07) is 0. The Bertz CT molecular complexity index is 552. The molecular weight excluding hydrogens is 258 g/mol. The lowest BCUT2D eigenvalue weighted by molar-refractivity contribution is -0.158. The zero-order valence-electron chi connectivity index (χ0n) is 11.6. The number of esters is 1.